The summed E-state index contributed by atoms with van der Waals surface area (Å²) in [5, 5.41) is 8.99. The molecule has 4 aromatic heterocycles. The summed E-state index contributed by atoms with van der Waals surface area (Å²) in [5.74, 6) is -0.574. The molecule has 1 unspecified atom stereocenters. The monoisotopic (exact) mass is 925 g/mol. The number of anilines is 2. The van der Waals surface area contributed by atoms with Gasteiger partial charge in [0.2, 0.25) is 11.8 Å². The zero-order chi connectivity index (χ0) is 47.6. The second kappa shape index (κ2) is 22.5. The van der Waals surface area contributed by atoms with Crippen molar-refractivity contribution in [1.29, 1.82) is 0 Å². The number of benzene rings is 1. The molecule has 0 spiro atoms. The molecule has 7 heterocycles. The van der Waals surface area contributed by atoms with Gasteiger partial charge in [0.1, 0.15) is 5.69 Å². The van der Waals surface area contributed by atoms with E-state index in [2.05, 4.69) is 64.7 Å². The maximum Gasteiger partial charge on any atom is 0.272 e. The Labute approximate surface area is 397 Å². The lowest BCUT2D eigenvalue weighted by Gasteiger charge is -2.36. The number of pyridine rings is 4. The summed E-state index contributed by atoms with van der Waals surface area (Å²) >= 11 is 0. The van der Waals surface area contributed by atoms with Gasteiger partial charge in [0.05, 0.1) is 47.9 Å². The Kier molecular flexibility index (Phi) is 15.8. The van der Waals surface area contributed by atoms with E-state index in [-0.39, 0.29) is 60.7 Å². The first kappa shape index (κ1) is 47.9. The maximum absolute atomic E-state index is 13.5. The van der Waals surface area contributed by atoms with Gasteiger partial charge < -0.3 is 40.4 Å². The number of nitrogens with one attached hydrogen (secondary N) is 4. The molecule has 3 aliphatic rings. The van der Waals surface area contributed by atoms with E-state index in [1.165, 1.54) is 0 Å². The van der Waals surface area contributed by atoms with Crippen LogP contribution in [0.15, 0.2) is 78.0 Å². The van der Waals surface area contributed by atoms with Gasteiger partial charge in [0, 0.05) is 95.9 Å². The molecule has 3 saturated heterocycles. The third-order valence-electron chi connectivity index (χ3n) is 13.3. The third-order valence-corrected chi connectivity index (χ3v) is 13.3. The number of hydrogen-bond acceptors (Lipinski definition) is 12. The summed E-state index contributed by atoms with van der Waals surface area (Å²) in [5.41, 5.74) is 7.97. The largest absolute Gasteiger partial charge is 0.376 e. The van der Waals surface area contributed by atoms with Gasteiger partial charge in [0.15, 0.2) is 5.69 Å². The van der Waals surface area contributed by atoms with Crippen molar-refractivity contribution in [3.63, 3.8) is 0 Å². The summed E-state index contributed by atoms with van der Waals surface area (Å²) < 4.78 is 6.14. The predicted molar refractivity (Wildman–Crippen MR) is 262 cm³/mol. The number of aromatic amines is 1. The van der Waals surface area contributed by atoms with Crippen molar-refractivity contribution < 1.29 is 23.9 Å². The SMILES string of the molecule is CCc1cccc(-c2cnc(C(=O)NCCOC3CCN(C(=O)c4ccc(N5CCN(Cc6cnc7cc(CC)c(=O)[nH]c7c6)CC5)cn4)CC3)c(NC(=O)CNCC3CCN(C)C(=O)C3)c2)c1. The van der Waals surface area contributed by atoms with Crippen LogP contribution in [0.3, 0.4) is 0 Å². The first-order valence-corrected chi connectivity index (χ1v) is 24.0. The minimum Gasteiger partial charge on any atom is -0.376 e. The molecule has 17 heteroatoms. The average Bonchev–Trinajstić information content (AvgIpc) is 3.36. The minimum absolute atomic E-state index is 0.0246. The van der Waals surface area contributed by atoms with Crippen LogP contribution in [0.5, 0.6) is 0 Å². The molecule has 68 heavy (non-hydrogen) atoms. The molecular formula is C51H63N11O6. The Balaban J connectivity index is 0.768. The standard InChI is InChI=1S/C51H63N11O6/c1-4-34-7-6-8-38(23-34)39-27-45(57-46(63)32-52-28-35-11-15-59(3)47(64)25-35)48(56-30-39)50(66)53-14-22-68-41-12-16-62(17-13-41)51(67)42-10-9-40(31-55-42)61-20-18-60(19-21-61)33-36-24-44-43(54-29-36)26-37(5-2)49(65)58-44/h6-10,23-24,26-27,29-31,35,41,52H,4-5,11-22,25,28,32-33H2,1-3H3,(H,53,66)(H,57,63)(H,58,65). The molecule has 4 N–H and O–H groups in total. The number of carbonyl (C=O) groups excluding carboxylic acids is 4. The van der Waals surface area contributed by atoms with Gasteiger partial charge in [-0.2, -0.15) is 0 Å². The van der Waals surface area contributed by atoms with Crippen molar-refractivity contribution in [2.45, 2.75) is 65.0 Å². The van der Waals surface area contributed by atoms with Gasteiger partial charge >= 0.3 is 0 Å². The van der Waals surface area contributed by atoms with Gasteiger partial charge in [0.25, 0.3) is 17.4 Å². The normalized spacial score (nSPS) is 17.1. The van der Waals surface area contributed by atoms with Gasteiger partial charge in [-0.05, 0) is 91.6 Å². The van der Waals surface area contributed by atoms with Gasteiger partial charge in [-0.1, -0.05) is 38.1 Å². The molecule has 1 aromatic carbocycles. The van der Waals surface area contributed by atoms with Crippen LogP contribution in [0.1, 0.15) is 77.2 Å². The van der Waals surface area contributed by atoms with E-state index in [9.17, 15) is 24.0 Å². The lowest BCUT2D eigenvalue weighted by atomic mass is 9.96. The fraction of sp³-hybridized carbons (Fsp3) is 0.451. The molecule has 358 valence electrons. The number of piperazine rings is 1. The number of fused-ring (bicyclic) bond motifs is 1. The van der Waals surface area contributed by atoms with Crippen molar-refractivity contribution in [2.75, 3.05) is 89.3 Å². The van der Waals surface area contributed by atoms with E-state index in [4.69, 9.17) is 4.74 Å². The molecule has 3 aliphatic heterocycles. The highest BCUT2D eigenvalue weighted by molar-refractivity contribution is 6.03. The van der Waals surface area contributed by atoms with Crippen LogP contribution < -0.4 is 26.4 Å². The summed E-state index contributed by atoms with van der Waals surface area (Å²) in [7, 11) is 1.81. The van der Waals surface area contributed by atoms with E-state index in [0.29, 0.717) is 63.2 Å². The van der Waals surface area contributed by atoms with Crippen LogP contribution in [0.2, 0.25) is 0 Å². The van der Waals surface area contributed by atoms with Crippen molar-refractivity contribution >= 4 is 46.0 Å². The molecule has 0 saturated carbocycles. The Bertz CT molecular complexity index is 2640. The van der Waals surface area contributed by atoms with Crippen molar-refractivity contribution in [1.82, 2.24) is 45.3 Å². The number of aromatic nitrogens is 4. The second-order valence-corrected chi connectivity index (χ2v) is 18.1. The van der Waals surface area contributed by atoms with Crippen LogP contribution in [-0.4, -0.2) is 143 Å². The van der Waals surface area contributed by atoms with E-state index in [1.807, 2.05) is 54.4 Å². The van der Waals surface area contributed by atoms with Crippen molar-refractivity contribution in [3.8, 4) is 11.1 Å². The Morgan fingerprint density at radius 1 is 0.824 bits per heavy atom. The quantitative estimate of drug-likeness (QED) is 0.0969. The number of ether oxygens (including phenoxy) is 1. The summed E-state index contributed by atoms with van der Waals surface area (Å²) in [4.78, 5) is 89.5. The molecular weight excluding hydrogens is 863 g/mol. The van der Waals surface area contributed by atoms with Crippen LogP contribution >= 0.6 is 0 Å². The molecule has 3 fully saturated rings. The van der Waals surface area contributed by atoms with Crippen LogP contribution in [0, 0.1) is 5.92 Å². The highest BCUT2D eigenvalue weighted by Gasteiger charge is 2.27. The first-order valence-electron chi connectivity index (χ1n) is 24.0. The highest BCUT2D eigenvalue weighted by atomic mass is 16.5. The van der Waals surface area contributed by atoms with E-state index in [1.54, 1.807) is 30.4 Å². The number of piperidine rings is 2. The second-order valence-electron chi connectivity index (χ2n) is 18.1. The molecule has 0 bridgehead atoms. The fourth-order valence-corrected chi connectivity index (χ4v) is 9.13. The number of carbonyl (C=O) groups is 4. The van der Waals surface area contributed by atoms with Gasteiger partial charge in [-0.25, -0.2) is 9.97 Å². The van der Waals surface area contributed by atoms with Crippen molar-refractivity contribution in [3.05, 3.63) is 112 Å². The summed E-state index contributed by atoms with van der Waals surface area (Å²) in [6, 6.07) is 17.5. The Morgan fingerprint density at radius 3 is 2.40 bits per heavy atom. The van der Waals surface area contributed by atoms with E-state index >= 15 is 0 Å². The fourth-order valence-electron chi connectivity index (χ4n) is 9.13. The molecule has 5 aromatic rings. The number of rotatable bonds is 17. The maximum atomic E-state index is 13.5. The van der Waals surface area contributed by atoms with Crippen LogP contribution in [0.4, 0.5) is 11.4 Å². The summed E-state index contributed by atoms with van der Waals surface area (Å²) in [6.07, 6.45) is 9.45. The van der Waals surface area contributed by atoms with Gasteiger partial charge in [-0.15, -0.1) is 0 Å². The first-order chi connectivity index (χ1) is 33.0. The van der Waals surface area contributed by atoms with E-state index in [0.717, 1.165) is 90.1 Å². The molecule has 1 atom stereocenters. The molecule has 8 rings (SSSR count). The Hall–Kier alpha value is -6.56. The Morgan fingerprint density at radius 2 is 1.65 bits per heavy atom. The third kappa shape index (κ3) is 12.1. The molecule has 0 aliphatic carbocycles. The predicted octanol–water partition coefficient (Wildman–Crippen LogP) is 4.27. The zero-order valence-corrected chi connectivity index (χ0v) is 39.4. The lowest BCUT2D eigenvalue weighted by Crippen LogP contribution is -2.46. The average molecular weight is 926 g/mol. The number of H-pyrrole nitrogens is 1. The molecule has 4 amide bonds. The molecule has 0 radical (unpaired) electrons. The zero-order valence-electron chi connectivity index (χ0n) is 39.4. The van der Waals surface area contributed by atoms with Crippen molar-refractivity contribution in [2.24, 2.45) is 5.92 Å². The van der Waals surface area contributed by atoms with Crippen LogP contribution in [0.25, 0.3) is 22.2 Å². The minimum atomic E-state index is -0.433. The topological polar surface area (TPSA) is 198 Å². The number of amides is 4. The smallest absolute Gasteiger partial charge is 0.272 e. The van der Waals surface area contributed by atoms with E-state index < -0.39 is 5.91 Å². The highest BCUT2D eigenvalue weighted by Crippen LogP contribution is 2.26. The number of aryl methyl sites for hydroxylation is 2. The number of nitrogens with zero attached hydrogens (tertiary/aromatic N) is 7. The lowest BCUT2D eigenvalue weighted by molar-refractivity contribution is -0.133. The summed E-state index contributed by atoms with van der Waals surface area (Å²) in [6.45, 7) is 11.0. The number of hydrogen-bond donors (Lipinski definition) is 4. The molecule has 17 nitrogen and oxygen atoms in total. The van der Waals surface area contributed by atoms with Crippen LogP contribution in [-0.2, 0) is 33.7 Å². The number of likely N-dealkylation sites (tertiary alicyclic amines) is 2. The van der Waals surface area contributed by atoms with Gasteiger partial charge in [-0.3, -0.25) is 33.9 Å².